The SMILES string of the molecule is O=C(Nc1ccccc1Br)NC1(c2nc(-c3ccsc3)no2)CCCCC1. The quantitative estimate of drug-likeness (QED) is 0.550. The Labute approximate surface area is 169 Å². The lowest BCUT2D eigenvalue weighted by molar-refractivity contribution is 0.173. The van der Waals surface area contributed by atoms with E-state index in [4.69, 9.17) is 4.52 Å². The van der Waals surface area contributed by atoms with E-state index >= 15 is 0 Å². The molecule has 1 aliphatic rings. The van der Waals surface area contributed by atoms with E-state index in [2.05, 4.69) is 36.7 Å². The van der Waals surface area contributed by atoms with Gasteiger partial charge in [0.25, 0.3) is 5.89 Å². The van der Waals surface area contributed by atoms with E-state index in [-0.39, 0.29) is 6.03 Å². The maximum atomic E-state index is 12.7. The van der Waals surface area contributed by atoms with Crippen molar-refractivity contribution >= 4 is 39.0 Å². The van der Waals surface area contributed by atoms with E-state index in [9.17, 15) is 4.79 Å². The van der Waals surface area contributed by atoms with Gasteiger partial charge in [-0.1, -0.05) is 36.6 Å². The summed E-state index contributed by atoms with van der Waals surface area (Å²) in [6, 6.07) is 9.19. The van der Waals surface area contributed by atoms with Crippen molar-refractivity contribution in [1.82, 2.24) is 15.5 Å². The Morgan fingerprint density at radius 3 is 2.74 bits per heavy atom. The summed E-state index contributed by atoms with van der Waals surface area (Å²) in [5, 5.41) is 14.1. The number of aromatic nitrogens is 2. The van der Waals surface area contributed by atoms with Crippen LogP contribution in [0.15, 0.2) is 50.1 Å². The van der Waals surface area contributed by atoms with E-state index in [1.165, 1.54) is 0 Å². The summed E-state index contributed by atoms with van der Waals surface area (Å²) in [5.74, 6) is 1.04. The molecule has 4 rings (SSSR count). The minimum atomic E-state index is -0.634. The Morgan fingerprint density at radius 1 is 1.19 bits per heavy atom. The molecule has 1 saturated carbocycles. The minimum Gasteiger partial charge on any atom is -0.336 e. The summed E-state index contributed by atoms with van der Waals surface area (Å²) in [6.45, 7) is 0. The third-order valence-electron chi connectivity index (χ3n) is 4.80. The topological polar surface area (TPSA) is 80.0 Å². The standard InChI is InChI=1S/C19H19BrN4O2S/c20-14-6-2-3-7-15(14)21-18(25)23-19(9-4-1-5-10-19)17-22-16(24-26-17)13-8-11-27-12-13/h2-3,6-8,11-12H,1,4-5,9-10H2,(H2,21,23,25). The van der Waals surface area contributed by atoms with Gasteiger partial charge in [0, 0.05) is 15.4 Å². The number of carbonyl (C=O) groups is 1. The van der Waals surface area contributed by atoms with Crippen LogP contribution in [0.4, 0.5) is 10.5 Å². The second-order valence-corrected chi connectivity index (χ2v) is 8.27. The number of benzene rings is 1. The Morgan fingerprint density at radius 2 is 2.00 bits per heavy atom. The number of para-hydroxylation sites is 1. The van der Waals surface area contributed by atoms with Gasteiger partial charge in [-0.2, -0.15) is 16.3 Å². The highest BCUT2D eigenvalue weighted by atomic mass is 79.9. The summed E-state index contributed by atoms with van der Waals surface area (Å²) in [4.78, 5) is 17.3. The van der Waals surface area contributed by atoms with Crippen molar-refractivity contribution in [2.75, 3.05) is 5.32 Å². The molecule has 2 heterocycles. The largest absolute Gasteiger partial charge is 0.336 e. The van der Waals surface area contributed by atoms with E-state index in [1.54, 1.807) is 11.3 Å². The van der Waals surface area contributed by atoms with Crippen LogP contribution in [0.2, 0.25) is 0 Å². The number of nitrogens with zero attached hydrogens (tertiary/aromatic N) is 2. The van der Waals surface area contributed by atoms with Gasteiger partial charge >= 0.3 is 6.03 Å². The number of hydrogen-bond acceptors (Lipinski definition) is 5. The Kier molecular flexibility index (Phi) is 5.27. The van der Waals surface area contributed by atoms with Crippen molar-refractivity contribution < 1.29 is 9.32 Å². The highest BCUT2D eigenvalue weighted by Crippen LogP contribution is 2.37. The minimum absolute atomic E-state index is 0.279. The zero-order valence-corrected chi connectivity index (χ0v) is 17.0. The van der Waals surface area contributed by atoms with Gasteiger partial charge in [-0.05, 0) is 52.4 Å². The second-order valence-electron chi connectivity index (χ2n) is 6.64. The number of hydrogen-bond donors (Lipinski definition) is 2. The zero-order chi connectivity index (χ0) is 18.7. The normalized spacial score (nSPS) is 16.0. The van der Waals surface area contributed by atoms with Crippen molar-refractivity contribution in [3.8, 4) is 11.4 Å². The fourth-order valence-corrected chi connectivity index (χ4v) is 4.43. The molecule has 0 atom stereocenters. The van der Waals surface area contributed by atoms with Crippen LogP contribution in [-0.4, -0.2) is 16.2 Å². The van der Waals surface area contributed by atoms with E-state index in [1.807, 2.05) is 41.1 Å². The van der Waals surface area contributed by atoms with Gasteiger partial charge in [0.1, 0.15) is 5.54 Å². The molecule has 8 heteroatoms. The lowest BCUT2D eigenvalue weighted by Gasteiger charge is -2.34. The molecule has 0 radical (unpaired) electrons. The third kappa shape index (κ3) is 3.91. The first-order valence-electron chi connectivity index (χ1n) is 8.87. The summed E-state index contributed by atoms with van der Waals surface area (Å²) in [5.41, 5.74) is 1.01. The zero-order valence-electron chi connectivity index (χ0n) is 14.6. The summed E-state index contributed by atoms with van der Waals surface area (Å²) >= 11 is 5.04. The van der Waals surface area contributed by atoms with Crippen molar-refractivity contribution in [2.24, 2.45) is 0 Å². The van der Waals surface area contributed by atoms with Crippen LogP contribution in [0.1, 0.15) is 38.0 Å². The van der Waals surface area contributed by atoms with Gasteiger partial charge in [0.2, 0.25) is 5.82 Å². The number of rotatable bonds is 4. The highest BCUT2D eigenvalue weighted by Gasteiger charge is 2.41. The van der Waals surface area contributed by atoms with Crippen molar-refractivity contribution in [3.05, 3.63) is 51.5 Å². The van der Waals surface area contributed by atoms with E-state index in [0.717, 1.165) is 42.1 Å². The predicted molar refractivity (Wildman–Crippen MR) is 109 cm³/mol. The Balaban J connectivity index is 1.57. The highest BCUT2D eigenvalue weighted by molar-refractivity contribution is 9.10. The molecule has 2 N–H and O–H groups in total. The number of halogens is 1. The molecule has 0 spiro atoms. The summed E-state index contributed by atoms with van der Waals surface area (Å²) in [7, 11) is 0. The molecule has 2 amide bonds. The molecule has 1 aliphatic carbocycles. The molecule has 140 valence electrons. The Hall–Kier alpha value is -2.19. The van der Waals surface area contributed by atoms with Crippen LogP contribution in [-0.2, 0) is 5.54 Å². The molecule has 1 aromatic carbocycles. The fourth-order valence-electron chi connectivity index (χ4n) is 3.41. The molecule has 0 aliphatic heterocycles. The summed E-state index contributed by atoms with van der Waals surface area (Å²) in [6.07, 6.45) is 4.71. The van der Waals surface area contributed by atoms with Crippen LogP contribution in [0.25, 0.3) is 11.4 Å². The van der Waals surface area contributed by atoms with Crippen LogP contribution in [0.5, 0.6) is 0 Å². The molecule has 27 heavy (non-hydrogen) atoms. The molecular formula is C19H19BrN4O2S. The average Bonchev–Trinajstić information content (AvgIpc) is 3.36. The van der Waals surface area contributed by atoms with Gasteiger partial charge in [-0.3, -0.25) is 0 Å². The van der Waals surface area contributed by atoms with Gasteiger partial charge < -0.3 is 15.2 Å². The molecular weight excluding hydrogens is 428 g/mol. The van der Waals surface area contributed by atoms with Crippen LogP contribution >= 0.6 is 27.3 Å². The molecule has 6 nitrogen and oxygen atoms in total. The summed E-state index contributed by atoms with van der Waals surface area (Å²) < 4.78 is 6.43. The van der Waals surface area contributed by atoms with E-state index in [0.29, 0.717) is 17.4 Å². The first kappa shape index (κ1) is 18.2. The van der Waals surface area contributed by atoms with Gasteiger partial charge in [-0.15, -0.1) is 0 Å². The fraction of sp³-hybridized carbons (Fsp3) is 0.316. The molecule has 1 fully saturated rings. The lowest BCUT2D eigenvalue weighted by Crippen LogP contribution is -2.49. The number of amides is 2. The van der Waals surface area contributed by atoms with Gasteiger partial charge in [0.15, 0.2) is 0 Å². The van der Waals surface area contributed by atoms with Crippen molar-refractivity contribution in [2.45, 2.75) is 37.6 Å². The first-order valence-corrected chi connectivity index (χ1v) is 10.6. The number of anilines is 1. The number of thiophene rings is 1. The molecule has 3 aromatic rings. The molecule has 0 saturated heterocycles. The van der Waals surface area contributed by atoms with Gasteiger partial charge in [0.05, 0.1) is 5.69 Å². The van der Waals surface area contributed by atoms with Crippen LogP contribution < -0.4 is 10.6 Å². The van der Waals surface area contributed by atoms with Crippen LogP contribution in [0.3, 0.4) is 0 Å². The predicted octanol–water partition coefficient (Wildman–Crippen LogP) is 5.54. The number of nitrogens with one attached hydrogen (secondary N) is 2. The molecule has 0 bridgehead atoms. The van der Waals surface area contributed by atoms with Crippen molar-refractivity contribution in [3.63, 3.8) is 0 Å². The van der Waals surface area contributed by atoms with Crippen molar-refractivity contribution in [1.29, 1.82) is 0 Å². The van der Waals surface area contributed by atoms with E-state index < -0.39 is 5.54 Å². The maximum absolute atomic E-state index is 12.7. The molecule has 2 aromatic heterocycles. The number of urea groups is 1. The maximum Gasteiger partial charge on any atom is 0.320 e. The molecule has 0 unspecified atom stereocenters. The average molecular weight is 447 g/mol. The lowest BCUT2D eigenvalue weighted by atomic mass is 9.81. The second kappa shape index (κ2) is 7.82. The number of carbonyl (C=O) groups excluding carboxylic acids is 1. The Bertz CT molecular complexity index is 919. The van der Waals surface area contributed by atoms with Crippen LogP contribution in [0, 0.1) is 0 Å². The monoisotopic (exact) mass is 446 g/mol. The van der Waals surface area contributed by atoms with Gasteiger partial charge in [-0.25, -0.2) is 4.79 Å². The third-order valence-corrected chi connectivity index (χ3v) is 6.17. The first-order chi connectivity index (χ1) is 13.2. The smallest absolute Gasteiger partial charge is 0.320 e.